The van der Waals surface area contributed by atoms with Gasteiger partial charge < -0.3 is 0 Å². The lowest BCUT2D eigenvalue weighted by Gasteiger charge is -2.17. The first-order chi connectivity index (χ1) is 9.21. The molecule has 2 aromatic rings. The van der Waals surface area contributed by atoms with E-state index in [1.54, 1.807) is 0 Å². The standard InChI is InChI=1S/C14H8F6.ClH/c15-13(16,17)11-7-3-1-5-9(11)10-6-2-4-8-12(10)14(18,19)20;/h1-8H;1H. The van der Waals surface area contributed by atoms with E-state index in [1.807, 2.05) is 0 Å². The molecule has 0 amide bonds. The number of hydrogen-bond donors (Lipinski definition) is 0. The Hall–Kier alpha value is -1.69. The molecule has 0 aliphatic carbocycles. The first-order valence-corrected chi connectivity index (χ1v) is 5.54. The lowest BCUT2D eigenvalue weighted by Crippen LogP contribution is -2.11. The monoisotopic (exact) mass is 326 g/mol. The Labute approximate surface area is 122 Å². The van der Waals surface area contributed by atoms with Gasteiger partial charge in [-0.3, -0.25) is 0 Å². The molecular formula is C14H9ClF6. The van der Waals surface area contributed by atoms with Gasteiger partial charge in [0.2, 0.25) is 0 Å². The number of benzene rings is 2. The molecule has 0 nitrogen and oxygen atoms in total. The molecule has 0 unspecified atom stereocenters. The second kappa shape index (κ2) is 5.97. The van der Waals surface area contributed by atoms with E-state index in [1.165, 1.54) is 12.1 Å². The normalized spacial score (nSPS) is 11.9. The summed E-state index contributed by atoms with van der Waals surface area (Å²) < 4.78 is 77.3. The highest BCUT2D eigenvalue weighted by molar-refractivity contribution is 5.85. The third-order valence-corrected chi connectivity index (χ3v) is 2.76. The summed E-state index contributed by atoms with van der Waals surface area (Å²) in [7, 11) is 0. The fourth-order valence-corrected chi connectivity index (χ4v) is 1.93. The van der Waals surface area contributed by atoms with Crippen molar-refractivity contribution in [2.75, 3.05) is 0 Å². The summed E-state index contributed by atoms with van der Waals surface area (Å²) in [6, 6.07) is 8.44. The summed E-state index contributed by atoms with van der Waals surface area (Å²) in [5, 5.41) is 0. The molecule has 0 spiro atoms. The predicted molar refractivity (Wildman–Crippen MR) is 69.1 cm³/mol. The molecule has 0 atom stereocenters. The lowest BCUT2D eigenvalue weighted by atomic mass is 9.95. The van der Waals surface area contributed by atoms with Crippen LogP contribution >= 0.6 is 12.4 Å². The maximum Gasteiger partial charge on any atom is 0.417 e. The molecule has 7 heteroatoms. The van der Waals surface area contributed by atoms with Crippen molar-refractivity contribution < 1.29 is 26.3 Å². The van der Waals surface area contributed by atoms with Gasteiger partial charge in [0.05, 0.1) is 11.1 Å². The van der Waals surface area contributed by atoms with Gasteiger partial charge in [-0.2, -0.15) is 26.3 Å². The minimum atomic E-state index is -4.71. The average molecular weight is 327 g/mol. The largest absolute Gasteiger partial charge is 0.417 e. The van der Waals surface area contributed by atoms with Crippen molar-refractivity contribution in [3.63, 3.8) is 0 Å². The molecule has 0 aliphatic heterocycles. The maximum atomic E-state index is 12.9. The Morgan fingerprint density at radius 1 is 0.524 bits per heavy atom. The molecule has 0 radical (unpaired) electrons. The van der Waals surface area contributed by atoms with E-state index in [2.05, 4.69) is 0 Å². The molecule has 0 N–H and O–H groups in total. The molecule has 2 aromatic carbocycles. The average Bonchev–Trinajstić information content (AvgIpc) is 2.37. The maximum absolute atomic E-state index is 12.9. The Morgan fingerprint density at radius 3 is 1.10 bits per heavy atom. The van der Waals surface area contributed by atoms with Crippen molar-refractivity contribution in [2.24, 2.45) is 0 Å². The smallest absolute Gasteiger partial charge is 0.166 e. The van der Waals surface area contributed by atoms with E-state index in [9.17, 15) is 26.3 Å². The molecule has 2 rings (SSSR count). The van der Waals surface area contributed by atoms with Crippen molar-refractivity contribution in [3.05, 3.63) is 59.7 Å². The summed E-state index contributed by atoms with van der Waals surface area (Å²) in [5.74, 6) is 0. The van der Waals surface area contributed by atoms with Crippen LogP contribution in [0.3, 0.4) is 0 Å². The minimum absolute atomic E-state index is 0. The zero-order valence-electron chi connectivity index (χ0n) is 10.3. The van der Waals surface area contributed by atoms with Crippen molar-refractivity contribution in [1.82, 2.24) is 0 Å². The molecule has 114 valence electrons. The Morgan fingerprint density at radius 2 is 0.810 bits per heavy atom. The van der Waals surface area contributed by atoms with E-state index in [0.29, 0.717) is 0 Å². The SMILES string of the molecule is Cl.FC(F)(F)c1ccccc1-c1ccccc1C(F)(F)F. The Bertz CT molecular complexity index is 560. The number of hydrogen-bond acceptors (Lipinski definition) is 0. The van der Waals surface area contributed by atoms with Crippen LogP contribution in [0.25, 0.3) is 11.1 Å². The first-order valence-electron chi connectivity index (χ1n) is 5.54. The van der Waals surface area contributed by atoms with Crippen molar-refractivity contribution >= 4 is 12.4 Å². The summed E-state index contributed by atoms with van der Waals surface area (Å²) in [5.41, 5.74) is -3.13. The van der Waals surface area contributed by atoms with Crippen molar-refractivity contribution in [3.8, 4) is 11.1 Å². The second-order valence-electron chi connectivity index (χ2n) is 4.09. The first kappa shape index (κ1) is 17.4. The molecule has 0 saturated heterocycles. The molecule has 0 heterocycles. The van der Waals surface area contributed by atoms with Gasteiger partial charge in [-0.15, -0.1) is 12.4 Å². The highest BCUT2D eigenvalue weighted by Crippen LogP contribution is 2.42. The Balaban J connectivity index is 0.00000220. The highest BCUT2D eigenvalue weighted by atomic mass is 35.5. The summed E-state index contributed by atoms with van der Waals surface area (Å²) in [6.07, 6.45) is -9.43. The van der Waals surface area contributed by atoms with Crippen LogP contribution in [0.2, 0.25) is 0 Å². The van der Waals surface area contributed by atoms with Crippen LogP contribution in [0, 0.1) is 0 Å². The highest BCUT2D eigenvalue weighted by Gasteiger charge is 2.37. The van der Waals surface area contributed by atoms with Gasteiger partial charge in [-0.1, -0.05) is 36.4 Å². The molecule has 0 aromatic heterocycles. The number of halogens is 7. The van der Waals surface area contributed by atoms with E-state index in [-0.39, 0.29) is 12.4 Å². The molecule has 0 aliphatic rings. The molecule has 21 heavy (non-hydrogen) atoms. The van der Waals surface area contributed by atoms with Crippen molar-refractivity contribution in [2.45, 2.75) is 12.4 Å². The van der Waals surface area contributed by atoms with Crippen LogP contribution in [-0.2, 0) is 12.4 Å². The van der Waals surface area contributed by atoms with Crippen LogP contribution < -0.4 is 0 Å². The van der Waals surface area contributed by atoms with Crippen LogP contribution in [0.4, 0.5) is 26.3 Å². The third-order valence-electron chi connectivity index (χ3n) is 2.76. The van der Waals surface area contributed by atoms with E-state index < -0.39 is 34.6 Å². The summed E-state index contributed by atoms with van der Waals surface area (Å²) >= 11 is 0. The van der Waals surface area contributed by atoms with Crippen LogP contribution in [0.1, 0.15) is 11.1 Å². The summed E-state index contributed by atoms with van der Waals surface area (Å²) in [6.45, 7) is 0. The van der Waals surface area contributed by atoms with E-state index >= 15 is 0 Å². The van der Waals surface area contributed by atoms with Gasteiger partial charge in [0.15, 0.2) is 0 Å². The van der Waals surface area contributed by atoms with Gasteiger partial charge in [-0.05, 0) is 23.3 Å². The fourth-order valence-electron chi connectivity index (χ4n) is 1.93. The Kier molecular flexibility index (Phi) is 4.94. The number of rotatable bonds is 1. The third kappa shape index (κ3) is 3.69. The van der Waals surface area contributed by atoms with Crippen LogP contribution in [0.15, 0.2) is 48.5 Å². The second-order valence-corrected chi connectivity index (χ2v) is 4.09. The zero-order chi connectivity index (χ0) is 15.0. The van der Waals surface area contributed by atoms with Gasteiger partial charge >= 0.3 is 12.4 Å². The predicted octanol–water partition coefficient (Wildman–Crippen LogP) is 5.81. The van der Waals surface area contributed by atoms with Crippen LogP contribution in [-0.4, -0.2) is 0 Å². The molecular weight excluding hydrogens is 318 g/mol. The van der Waals surface area contributed by atoms with E-state index in [4.69, 9.17) is 0 Å². The number of alkyl halides is 6. The molecule has 0 bridgehead atoms. The lowest BCUT2D eigenvalue weighted by molar-refractivity contribution is -0.139. The van der Waals surface area contributed by atoms with Gasteiger partial charge in [0.25, 0.3) is 0 Å². The van der Waals surface area contributed by atoms with Gasteiger partial charge in [0.1, 0.15) is 0 Å². The fraction of sp³-hybridized carbons (Fsp3) is 0.143. The molecule has 0 saturated carbocycles. The van der Waals surface area contributed by atoms with Crippen molar-refractivity contribution in [1.29, 1.82) is 0 Å². The van der Waals surface area contributed by atoms with Gasteiger partial charge in [-0.25, -0.2) is 0 Å². The minimum Gasteiger partial charge on any atom is -0.166 e. The zero-order valence-corrected chi connectivity index (χ0v) is 11.1. The topological polar surface area (TPSA) is 0 Å². The van der Waals surface area contributed by atoms with E-state index in [0.717, 1.165) is 36.4 Å². The molecule has 0 fully saturated rings. The van der Waals surface area contributed by atoms with Gasteiger partial charge in [0, 0.05) is 0 Å². The quantitative estimate of drug-likeness (QED) is 0.580. The summed E-state index contributed by atoms with van der Waals surface area (Å²) in [4.78, 5) is 0. The van der Waals surface area contributed by atoms with Crippen LogP contribution in [0.5, 0.6) is 0 Å².